The van der Waals surface area contributed by atoms with E-state index in [0.29, 0.717) is 0 Å². The van der Waals surface area contributed by atoms with Gasteiger partial charge in [-0.05, 0) is 29.3 Å². The van der Waals surface area contributed by atoms with Crippen LogP contribution in [0.4, 0.5) is 0 Å². The number of nitrogens with zero attached hydrogens (tertiary/aromatic N) is 3. The largest absolute Gasteiger partial charge is 0.473 e. The van der Waals surface area contributed by atoms with E-state index in [1.54, 1.807) is 24.5 Å². The molecule has 0 fully saturated rings. The van der Waals surface area contributed by atoms with Crippen molar-refractivity contribution >= 4 is 12.0 Å². The fourth-order valence-electron chi connectivity index (χ4n) is 3.18. The van der Waals surface area contributed by atoms with Gasteiger partial charge in [0.15, 0.2) is 0 Å². The Hall–Kier alpha value is -3.94. The molecule has 3 heterocycles. The molecule has 8 nitrogen and oxygen atoms in total. The third-order valence-electron chi connectivity index (χ3n) is 4.78. The Balaban J connectivity index is 1.64. The molecule has 0 spiro atoms. The summed E-state index contributed by atoms with van der Waals surface area (Å²) >= 11 is 0. The average Bonchev–Trinajstić information content (AvgIpc) is 2.80. The number of carbonyl (C=O) groups is 1. The predicted octanol–water partition coefficient (Wildman–Crippen LogP) is 1.51. The fourth-order valence-corrected chi connectivity index (χ4v) is 3.18. The number of esters is 1. The first-order valence-electron chi connectivity index (χ1n) is 9.31. The second-order valence-corrected chi connectivity index (χ2v) is 6.83. The molecule has 0 aliphatic carbocycles. The monoisotopic (exact) mass is 405 g/mol. The molecule has 0 unspecified atom stereocenters. The minimum absolute atomic E-state index is 0.0804. The van der Waals surface area contributed by atoms with Crippen LogP contribution in [0.1, 0.15) is 16.7 Å². The van der Waals surface area contributed by atoms with E-state index in [0.717, 1.165) is 15.7 Å². The Morgan fingerprint density at radius 2 is 1.83 bits per heavy atom. The molecule has 8 heteroatoms. The first-order valence-corrected chi connectivity index (χ1v) is 9.31. The molecular formula is C22H19N3O5. The van der Waals surface area contributed by atoms with Crippen LogP contribution in [0.3, 0.4) is 0 Å². The van der Waals surface area contributed by atoms with Crippen LogP contribution >= 0.6 is 0 Å². The standard InChI is InChI=1S/C22H19N3O5/c1-24-20-18(19(26)25(22(24)28)12-15-5-3-2-4-6-15)11-17(14-29-20)21(27)30-13-16-7-9-23-10-8-16/h2-11H,12-14H2,1H3. The van der Waals surface area contributed by atoms with Gasteiger partial charge in [-0.25, -0.2) is 9.59 Å². The maximum absolute atomic E-state index is 13.0. The molecule has 30 heavy (non-hydrogen) atoms. The van der Waals surface area contributed by atoms with Crippen molar-refractivity contribution in [1.82, 2.24) is 14.1 Å². The van der Waals surface area contributed by atoms with Gasteiger partial charge in [0.1, 0.15) is 18.8 Å². The van der Waals surface area contributed by atoms with Gasteiger partial charge in [0.05, 0.1) is 12.1 Å². The number of hydrogen-bond donors (Lipinski definition) is 0. The van der Waals surface area contributed by atoms with Crippen molar-refractivity contribution < 1.29 is 14.3 Å². The van der Waals surface area contributed by atoms with E-state index in [9.17, 15) is 14.4 Å². The van der Waals surface area contributed by atoms with E-state index in [1.165, 1.54) is 17.7 Å². The predicted molar refractivity (Wildman–Crippen MR) is 109 cm³/mol. The molecule has 0 saturated carbocycles. The summed E-state index contributed by atoms with van der Waals surface area (Å²) < 4.78 is 13.3. The lowest BCUT2D eigenvalue weighted by molar-refractivity contribution is -0.140. The Kier molecular flexibility index (Phi) is 5.30. The van der Waals surface area contributed by atoms with Crippen LogP contribution in [0.25, 0.3) is 6.08 Å². The molecule has 1 aromatic carbocycles. The highest BCUT2D eigenvalue weighted by Gasteiger charge is 2.25. The zero-order valence-electron chi connectivity index (χ0n) is 16.3. The van der Waals surface area contributed by atoms with Gasteiger partial charge >= 0.3 is 11.7 Å². The third-order valence-corrected chi connectivity index (χ3v) is 4.78. The van der Waals surface area contributed by atoms with Crippen LogP contribution in [0.15, 0.2) is 70.0 Å². The zero-order valence-corrected chi connectivity index (χ0v) is 16.3. The summed E-state index contributed by atoms with van der Waals surface area (Å²) in [7, 11) is 1.53. The average molecular weight is 405 g/mol. The highest BCUT2D eigenvalue weighted by Crippen LogP contribution is 2.22. The molecule has 1 aliphatic rings. The lowest BCUT2D eigenvalue weighted by Crippen LogP contribution is -2.42. The minimum Gasteiger partial charge on any atom is -0.473 e. The number of benzene rings is 1. The van der Waals surface area contributed by atoms with Gasteiger partial charge in [-0.15, -0.1) is 0 Å². The van der Waals surface area contributed by atoms with Crippen molar-refractivity contribution in [1.29, 1.82) is 0 Å². The van der Waals surface area contributed by atoms with Crippen LogP contribution in [0.5, 0.6) is 5.88 Å². The molecule has 0 atom stereocenters. The van der Waals surface area contributed by atoms with Crippen molar-refractivity contribution in [2.75, 3.05) is 6.61 Å². The van der Waals surface area contributed by atoms with E-state index in [4.69, 9.17) is 9.47 Å². The highest BCUT2D eigenvalue weighted by atomic mass is 16.5. The van der Waals surface area contributed by atoms with Gasteiger partial charge in [0, 0.05) is 19.4 Å². The van der Waals surface area contributed by atoms with Gasteiger partial charge in [-0.2, -0.15) is 0 Å². The normalized spacial score (nSPS) is 12.5. The smallest absolute Gasteiger partial charge is 0.337 e. The third kappa shape index (κ3) is 3.80. The number of aromatic nitrogens is 3. The first-order chi connectivity index (χ1) is 14.5. The number of ether oxygens (including phenoxy) is 2. The summed E-state index contributed by atoms with van der Waals surface area (Å²) in [5, 5.41) is 0. The molecule has 0 radical (unpaired) electrons. The molecule has 0 saturated heterocycles. The Bertz CT molecular complexity index is 1230. The second kappa shape index (κ2) is 8.20. The van der Waals surface area contributed by atoms with Crippen LogP contribution in [-0.2, 0) is 29.7 Å². The summed E-state index contributed by atoms with van der Waals surface area (Å²) in [5.41, 5.74) is 0.961. The minimum atomic E-state index is -0.583. The Morgan fingerprint density at radius 3 is 2.57 bits per heavy atom. The number of hydrogen-bond acceptors (Lipinski definition) is 6. The Morgan fingerprint density at radius 1 is 1.10 bits per heavy atom. The van der Waals surface area contributed by atoms with E-state index in [1.807, 2.05) is 30.3 Å². The Labute approximate surface area is 171 Å². The quantitative estimate of drug-likeness (QED) is 0.598. The maximum Gasteiger partial charge on any atom is 0.337 e. The van der Waals surface area contributed by atoms with Crippen LogP contribution in [0, 0.1) is 0 Å². The van der Waals surface area contributed by atoms with E-state index < -0.39 is 17.2 Å². The van der Waals surface area contributed by atoms with Gasteiger partial charge in [-0.1, -0.05) is 30.3 Å². The molecule has 4 rings (SSSR count). The van der Waals surface area contributed by atoms with E-state index in [-0.39, 0.29) is 36.8 Å². The molecule has 152 valence electrons. The molecular weight excluding hydrogens is 386 g/mol. The van der Waals surface area contributed by atoms with E-state index >= 15 is 0 Å². The van der Waals surface area contributed by atoms with Gasteiger partial charge < -0.3 is 9.47 Å². The first kappa shape index (κ1) is 19.4. The zero-order chi connectivity index (χ0) is 21.1. The van der Waals surface area contributed by atoms with Gasteiger partial charge in [0.25, 0.3) is 5.56 Å². The molecule has 0 N–H and O–H groups in total. The lowest BCUT2D eigenvalue weighted by atomic mass is 10.1. The molecule has 1 aliphatic heterocycles. The number of fused-ring (bicyclic) bond motifs is 1. The molecule has 2 aromatic heterocycles. The van der Waals surface area contributed by atoms with Gasteiger partial charge in [-0.3, -0.25) is 18.9 Å². The number of pyridine rings is 1. The van der Waals surface area contributed by atoms with Crippen molar-refractivity contribution in [3.05, 3.63) is 98.0 Å². The molecule has 3 aromatic rings. The van der Waals surface area contributed by atoms with Gasteiger partial charge in [0.2, 0.25) is 5.88 Å². The molecule has 0 bridgehead atoms. The van der Waals surface area contributed by atoms with Crippen LogP contribution in [-0.4, -0.2) is 26.7 Å². The van der Waals surface area contributed by atoms with Crippen LogP contribution in [0.2, 0.25) is 0 Å². The van der Waals surface area contributed by atoms with E-state index in [2.05, 4.69) is 4.98 Å². The molecule has 0 amide bonds. The fraction of sp³-hybridized carbons (Fsp3) is 0.182. The van der Waals surface area contributed by atoms with Crippen molar-refractivity contribution in [2.45, 2.75) is 13.2 Å². The van der Waals surface area contributed by atoms with Crippen molar-refractivity contribution in [3.8, 4) is 5.88 Å². The summed E-state index contributed by atoms with van der Waals surface area (Å²) in [6.07, 6.45) is 4.66. The number of rotatable bonds is 5. The summed E-state index contributed by atoms with van der Waals surface area (Å²) in [6, 6.07) is 12.7. The summed E-state index contributed by atoms with van der Waals surface area (Å²) in [4.78, 5) is 42.0. The number of carbonyl (C=O) groups excluding carboxylic acids is 1. The topological polar surface area (TPSA) is 92.4 Å². The summed E-state index contributed by atoms with van der Waals surface area (Å²) in [5.74, 6) is -0.444. The lowest BCUT2D eigenvalue weighted by Gasteiger charge is -2.20. The van der Waals surface area contributed by atoms with Crippen molar-refractivity contribution in [3.63, 3.8) is 0 Å². The maximum atomic E-state index is 13.0. The summed E-state index contributed by atoms with van der Waals surface area (Å²) in [6.45, 7) is 0.115. The van der Waals surface area contributed by atoms with Crippen molar-refractivity contribution in [2.24, 2.45) is 7.05 Å². The SMILES string of the molecule is Cn1c2c(c(=O)n(Cc3ccccc3)c1=O)C=C(C(=O)OCc1ccncc1)CO2. The highest BCUT2D eigenvalue weighted by molar-refractivity contribution is 5.95. The second-order valence-electron chi connectivity index (χ2n) is 6.83. The van der Waals surface area contributed by atoms with Crippen LogP contribution < -0.4 is 16.0 Å².